The maximum Gasteiger partial charge on any atom is 0.303 e. The summed E-state index contributed by atoms with van der Waals surface area (Å²) in [6.07, 6.45) is 0.00810. The van der Waals surface area contributed by atoms with Gasteiger partial charge >= 0.3 is 5.97 Å². The van der Waals surface area contributed by atoms with Crippen LogP contribution in [0.25, 0.3) is 0 Å². The van der Waals surface area contributed by atoms with Gasteiger partial charge in [-0.05, 0) is 24.0 Å². The van der Waals surface area contributed by atoms with Crippen LogP contribution in [0.2, 0.25) is 0 Å². The first-order chi connectivity index (χ1) is 11.4. The van der Waals surface area contributed by atoms with Crippen LogP contribution in [0, 0.1) is 5.92 Å². The lowest BCUT2D eigenvalue weighted by molar-refractivity contribution is -0.147. The van der Waals surface area contributed by atoms with E-state index in [0.29, 0.717) is 23.3 Å². The molecule has 0 aliphatic rings. The Hall–Kier alpha value is -2.14. The number of hydrogen-bond acceptors (Lipinski definition) is 5. The first kappa shape index (κ1) is 19.9. The molecule has 5 nitrogen and oxygen atoms in total. The standard InChI is InChI=1S/C19H26O5/c1-13(2)14(3)17(22)9-10-19(24-15(4)21)16-7-5-6-8-18(16)23-12-11-20/h5-8,13,19-20H,3,9-12H2,1-2,4H3/t19-/m1/s1. The quantitative estimate of drug-likeness (QED) is 0.525. The molecule has 0 unspecified atom stereocenters. The van der Waals surface area contributed by atoms with E-state index in [1.807, 2.05) is 19.9 Å². The highest BCUT2D eigenvalue weighted by atomic mass is 16.5. The van der Waals surface area contributed by atoms with E-state index in [1.165, 1.54) is 6.92 Å². The van der Waals surface area contributed by atoms with Crippen molar-refractivity contribution in [2.45, 2.75) is 39.7 Å². The number of esters is 1. The van der Waals surface area contributed by atoms with E-state index in [1.54, 1.807) is 18.2 Å². The molecule has 1 aromatic rings. The fraction of sp³-hybridized carbons (Fsp3) is 0.474. The number of aliphatic hydroxyl groups is 1. The molecular weight excluding hydrogens is 308 g/mol. The van der Waals surface area contributed by atoms with E-state index in [0.717, 1.165) is 0 Å². The lowest BCUT2D eigenvalue weighted by atomic mass is 9.95. The second kappa shape index (κ2) is 9.88. The van der Waals surface area contributed by atoms with Gasteiger partial charge in [-0.2, -0.15) is 0 Å². The predicted molar refractivity (Wildman–Crippen MR) is 91.7 cm³/mol. The van der Waals surface area contributed by atoms with Crippen LogP contribution in [-0.4, -0.2) is 30.1 Å². The maximum absolute atomic E-state index is 12.2. The highest BCUT2D eigenvalue weighted by molar-refractivity contribution is 5.95. The maximum atomic E-state index is 12.2. The molecule has 1 atom stereocenters. The molecule has 0 saturated carbocycles. The Bertz CT molecular complexity index is 577. The first-order valence-corrected chi connectivity index (χ1v) is 8.08. The summed E-state index contributed by atoms with van der Waals surface area (Å²) in [4.78, 5) is 23.6. The van der Waals surface area contributed by atoms with Crippen molar-refractivity contribution in [3.8, 4) is 5.75 Å². The molecule has 0 spiro atoms. The molecule has 0 radical (unpaired) electrons. The third-order valence-corrected chi connectivity index (χ3v) is 3.61. The summed E-state index contributed by atoms with van der Waals surface area (Å²) in [5, 5.41) is 8.93. The second-order valence-electron chi connectivity index (χ2n) is 5.85. The van der Waals surface area contributed by atoms with Gasteiger partial charge in [-0.25, -0.2) is 0 Å². The van der Waals surface area contributed by atoms with Gasteiger partial charge in [0.2, 0.25) is 0 Å². The molecule has 0 bridgehead atoms. The summed E-state index contributed by atoms with van der Waals surface area (Å²) in [5.41, 5.74) is 1.26. The molecule has 0 aliphatic heterocycles. The van der Waals surface area contributed by atoms with Gasteiger partial charge in [-0.1, -0.05) is 38.6 Å². The Labute approximate surface area is 143 Å². The van der Waals surface area contributed by atoms with Gasteiger partial charge in [0.05, 0.1) is 6.61 Å². The second-order valence-corrected chi connectivity index (χ2v) is 5.85. The molecule has 0 aromatic heterocycles. The Kier molecular flexibility index (Phi) is 8.19. The van der Waals surface area contributed by atoms with Crippen LogP contribution in [0.4, 0.5) is 0 Å². The molecule has 0 saturated heterocycles. The van der Waals surface area contributed by atoms with Crippen LogP contribution in [0.1, 0.15) is 45.3 Å². The summed E-state index contributed by atoms with van der Waals surface area (Å²) in [7, 11) is 0. The van der Waals surface area contributed by atoms with E-state index < -0.39 is 12.1 Å². The zero-order valence-electron chi connectivity index (χ0n) is 14.6. The number of hydrogen-bond donors (Lipinski definition) is 1. The average Bonchev–Trinajstić information content (AvgIpc) is 2.55. The molecule has 0 amide bonds. The van der Waals surface area contributed by atoms with Gasteiger partial charge in [0.1, 0.15) is 18.5 Å². The zero-order valence-corrected chi connectivity index (χ0v) is 14.6. The van der Waals surface area contributed by atoms with Gasteiger partial charge in [0.15, 0.2) is 5.78 Å². The molecule has 0 heterocycles. The van der Waals surface area contributed by atoms with Crippen molar-refractivity contribution in [2.24, 2.45) is 5.92 Å². The van der Waals surface area contributed by atoms with Crippen LogP contribution >= 0.6 is 0 Å². The van der Waals surface area contributed by atoms with Gasteiger partial charge in [0, 0.05) is 18.9 Å². The molecule has 0 aliphatic carbocycles. The minimum atomic E-state index is -0.582. The average molecular weight is 334 g/mol. The molecule has 24 heavy (non-hydrogen) atoms. The van der Waals surface area contributed by atoms with Gasteiger partial charge in [-0.15, -0.1) is 0 Å². The zero-order chi connectivity index (χ0) is 18.1. The summed E-state index contributed by atoms with van der Waals surface area (Å²) < 4.78 is 10.9. The normalized spacial score (nSPS) is 11.9. The minimum Gasteiger partial charge on any atom is -0.491 e. The first-order valence-electron chi connectivity index (χ1n) is 8.08. The highest BCUT2D eigenvalue weighted by Gasteiger charge is 2.21. The Morgan fingerprint density at radius 3 is 2.50 bits per heavy atom. The summed E-state index contributed by atoms with van der Waals surface area (Å²) in [6.45, 7) is 9.02. The van der Waals surface area contributed by atoms with Crippen LogP contribution < -0.4 is 4.74 Å². The molecule has 5 heteroatoms. The number of para-hydroxylation sites is 1. The molecular formula is C19H26O5. The van der Waals surface area contributed by atoms with E-state index >= 15 is 0 Å². The molecule has 1 N–H and O–H groups in total. The number of carbonyl (C=O) groups is 2. The van der Waals surface area contributed by atoms with Gasteiger partial charge in [0.25, 0.3) is 0 Å². The van der Waals surface area contributed by atoms with Crippen LogP contribution in [0.3, 0.4) is 0 Å². The van der Waals surface area contributed by atoms with Crippen LogP contribution in [-0.2, 0) is 14.3 Å². The molecule has 0 fully saturated rings. The largest absolute Gasteiger partial charge is 0.491 e. The third-order valence-electron chi connectivity index (χ3n) is 3.61. The van der Waals surface area contributed by atoms with Crippen LogP contribution in [0.15, 0.2) is 36.4 Å². The van der Waals surface area contributed by atoms with Crippen molar-refractivity contribution in [3.05, 3.63) is 42.0 Å². The third kappa shape index (κ3) is 6.16. The van der Waals surface area contributed by atoms with E-state index in [2.05, 4.69) is 6.58 Å². The summed E-state index contributed by atoms with van der Waals surface area (Å²) in [5.74, 6) is 0.167. The fourth-order valence-corrected chi connectivity index (χ4v) is 2.26. The number of ether oxygens (including phenoxy) is 2. The van der Waals surface area contributed by atoms with Crippen LogP contribution in [0.5, 0.6) is 5.75 Å². The van der Waals surface area contributed by atoms with Crippen molar-refractivity contribution in [3.63, 3.8) is 0 Å². The SMILES string of the molecule is C=C(C(=O)CC[C@@H](OC(C)=O)c1ccccc1OCCO)C(C)C. The van der Waals surface area contributed by atoms with E-state index in [4.69, 9.17) is 14.6 Å². The Morgan fingerprint density at radius 2 is 1.92 bits per heavy atom. The number of carbonyl (C=O) groups excluding carboxylic acids is 2. The Balaban J connectivity index is 2.91. The highest BCUT2D eigenvalue weighted by Crippen LogP contribution is 2.31. The predicted octanol–water partition coefficient (Wildman–Crippen LogP) is 3.22. The van der Waals surface area contributed by atoms with Gasteiger partial charge in [-0.3, -0.25) is 9.59 Å². The van der Waals surface area contributed by atoms with Crippen molar-refractivity contribution in [2.75, 3.05) is 13.2 Å². The molecule has 132 valence electrons. The number of allylic oxidation sites excluding steroid dienone is 1. The van der Waals surface area contributed by atoms with Gasteiger partial charge < -0.3 is 14.6 Å². The lowest BCUT2D eigenvalue weighted by Gasteiger charge is -2.20. The van der Waals surface area contributed by atoms with E-state index in [9.17, 15) is 9.59 Å². The topological polar surface area (TPSA) is 72.8 Å². The summed E-state index contributed by atoms with van der Waals surface area (Å²) >= 11 is 0. The Morgan fingerprint density at radius 1 is 1.25 bits per heavy atom. The summed E-state index contributed by atoms with van der Waals surface area (Å²) in [6, 6.07) is 7.15. The smallest absolute Gasteiger partial charge is 0.303 e. The minimum absolute atomic E-state index is 0.0316. The number of ketones is 1. The van der Waals surface area contributed by atoms with Crippen molar-refractivity contribution in [1.82, 2.24) is 0 Å². The lowest BCUT2D eigenvalue weighted by Crippen LogP contribution is -2.14. The van der Waals surface area contributed by atoms with Crippen molar-refractivity contribution >= 4 is 11.8 Å². The number of Topliss-reactive ketones (excluding diaryl/α,β-unsaturated/α-hetero) is 1. The van der Waals surface area contributed by atoms with Crippen molar-refractivity contribution < 1.29 is 24.2 Å². The fourth-order valence-electron chi connectivity index (χ4n) is 2.26. The number of benzene rings is 1. The van der Waals surface area contributed by atoms with E-state index in [-0.39, 0.29) is 31.3 Å². The number of rotatable bonds is 10. The monoisotopic (exact) mass is 334 g/mol. The molecule has 1 aromatic carbocycles. The van der Waals surface area contributed by atoms with Crippen molar-refractivity contribution in [1.29, 1.82) is 0 Å². The molecule has 1 rings (SSSR count). The number of aliphatic hydroxyl groups excluding tert-OH is 1.